The number of benzene rings is 1. The van der Waals surface area contributed by atoms with Crippen LogP contribution in [-0.2, 0) is 9.53 Å². The molecule has 0 atom stereocenters. The Morgan fingerprint density at radius 3 is 2.40 bits per heavy atom. The Hall–Kier alpha value is -2.14. The fourth-order valence-corrected chi connectivity index (χ4v) is 1.57. The highest BCUT2D eigenvalue weighted by molar-refractivity contribution is 5.95. The normalized spacial score (nSPS) is 11.1. The highest BCUT2D eigenvalue weighted by Gasteiger charge is 2.09. The first-order chi connectivity index (χ1) is 9.49. The largest absolute Gasteiger partial charge is 0.463 e. The Balaban J connectivity index is 2.84. The lowest BCUT2D eigenvalue weighted by Gasteiger charge is -2.15. The van der Waals surface area contributed by atoms with Gasteiger partial charge in [0, 0.05) is 25.2 Å². The number of amides is 1. The van der Waals surface area contributed by atoms with Gasteiger partial charge < -0.3 is 4.74 Å². The first-order valence-corrected chi connectivity index (χ1v) is 6.40. The molecule has 1 aromatic carbocycles. The van der Waals surface area contributed by atoms with Crippen molar-refractivity contribution in [2.24, 2.45) is 0 Å². The number of ether oxygens (including phenoxy) is 1. The lowest BCUT2D eigenvalue weighted by Crippen LogP contribution is -2.36. The Morgan fingerprint density at radius 1 is 1.30 bits per heavy atom. The number of carbonyl (C=O) groups excluding carboxylic acids is 2. The summed E-state index contributed by atoms with van der Waals surface area (Å²) in [5, 5.41) is 1.40. The van der Waals surface area contributed by atoms with Crippen molar-refractivity contribution in [3.05, 3.63) is 41.0 Å². The van der Waals surface area contributed by atoms with Gasteiger partial charge in [-0.25, -0.2) is 10.2 Å². The van der Waals surface area contributed by atoms with E-state index in [1.54, 1.807) is 58.3 Å². The molecule has 1 N–H and O–H groups in total. The molecule has 0 aliphatic carbocycles. The number of hydrogen-bond donors (Lipinski definition) is 1. The summed E-state index contributed by atoms with van der Waals surface area (Å²) in [6, 6.07) is 7.03. The zero-order valence-corrected chi connectivity index (χ0v) is 12.3. The minimum Gasteiger partial charge on any atom is -0.463 e. The molecule has 0 heterocycles. The zero-order valence-electron chi connectivity index (χ0n) is 12.3. The van der Waals surface area contributed by atoms with Crippen LogP contribution >= 0.6 is 0 Å². The van der Waals surface area contributed by atoms with Gasteiger partial charge in [0.2, 0.25) is 0 Å². The molecule has 0 bridgehead atoms. The summed E-state index contributed by atoms with van der Waals surface area (Å²) >= 11 is 0. The molecule has 0 aliphatic heterocycles. The summed E-state index contributed by atoms with van der Waals surface area (Å²) in [4.78, 5) is 23.4. The van der Waals surface area contributed by atoms with E-state index in [1.807, 2.05) is 0 Å². The van der Waals surface area contributed by atoms with Gasteiger partial charge in [-0.15, -0.1) is 0 Å². The van der Waals surface area contributed by atoms with Crippen molar-refractivity contribution in [3.8, 4) is 0 Å². The summed E-state index contributed by atoms with van der Waals surface area (Å²) in [6.45, 7) is 3.82. The van der Waals surface area contributed by atoms with E-state index in [-0.39, 0.29) is 11.9 Å². The molecule has 0 radical (unpaired) electrons. The molecule has 5 heteroatoms. The number of rotatable bonds is 5. The number of nitrogens with one attached hydrogen (secondary N) is 1. The molecule has 0 saturated heterocycles. The van der Waals surface area contributed by atoms with E-state index in [0.717, 1.165) is 5.56 Å². The van der Waals surface area contributed by atoms with Crippen LogP contribution in [0.4, 0.5) is 0 Å². The van der Waals surface area contributed by atoms with Gasteiger partial charge in [0.15, 0.2) is 0 Å². The molecule has 1 amide bonds. The van der Waals surface area contributed by atoms with Crippen LogP contribution in [0.1, 0.15) is 29.8 Å². The molecule has 0 saturated carbocycles. The molecule has 0 unspecified atom stereocenters. The Morgan fingerprint density at radius 2 is 1.90 bits per heavy atom. The summed E-state index contributed by atoms with van der Waals surface area (Å²) < 4.78 is 4.91. The Labute approximate surface area is 119 Å². The Kier molecular flexibility index (Phi) is 5.93. The van der Waals surface area contributed by atoms with Crippen molar-refractivity contribution in [2.75, 3.05) is 20.7 Å². The van der Waals surface area contributed by atoms with Gasteiger partial charge in [-0.3, -0.25) is 9.80 Å². The molecule has 108 valence electrons. The van der Waals surface area contributed by atoms with Gasteiger partial charge >= 0.3 is 5.97 Å². The maximum Gasteiger partial charge on any atom is 0.333 e. The van der Waals surface area contributed by atoms with Crippen LogP contribution in [0.15, 0.2) is 29.8 Å². The second-order valence-corrected chi connectivity index (χ2v) is 4.26. The number of carbonyl (C=O) groups is 2. The SMILES string of the molecule is CCOC(=O)C(C)=Cc1ccc(C(=O)N(C)NC)cc1. The Bertz CT molecular complexity index is 506. The van der Waals surface area contributed by atoms with Crippen LogP contribution in [0.2, 0.25) is 0 Å². The maximum atomic E-state index is 11.9. The average molecular weight is 276 g/mol. The van der Waals surface area contributed by atoms with E-state index in [9.17, 15) is 9.59 Å². The van der Waals surface area contributed by atoms with Gasteiger partial charge in [0.05, 0.1) is 6.61 Å². The van der Waals surface area contributed by atoms with Crippen molar-refractivity contribution >= 4 is 18.0 Å². The van der Waals surface area contributed by atoms with Crippen LogP contribution in [0.3, 0.4) is 0 Å². The van der Waals surface area contributed by atoms with Gasteiger partial charge in [-0.2, -0.15) is 0 Å². The third-order valence-corrected chi connectivity index (χ3v) is 2.78. The minimum absolute atomic E-state index is 0.120. The summed E-state index contributed by atoms with van der Waals surface area (Å²) in [5.41, 5.74) is 4.70. The summed E-state index contributed by atoms with van der Waals surface area (Å²) in [7, 11) is 3.33. The number of nitrogens with zero attached hydrogens (tertiary/aromatic N) is 1. The van der Waals surface area contributed by atoms with Crippen molar-refractivity contribution in [3.63, 3.8) is 0 Å². The van der Waals surface area contributed by atoms with Crippen LogP contribution < -0.4 is 5.43 Å². The quantitative estimate of drug-likeness (QED) is 0.506. The third-order valence-electron chi connectivity index (χ3n) is 2.78. The van der Waals surface area contributed by atoms with Gasteiger partial charge in [0.25, 0.3) is 5.91 Å². The van der Waals surface area contributed by atoms with Crippen LogP contribution in [0.25, 0.3) is 6.08 Å². The number of hydrogen-bond acceptors (Lipinski definition) is 4. The summed E-state index contributed by atoms with van der Waals surface area (Å²) in [5.74, 6) is -0.451. The molecule has 1 rings (SSSR count). The van der Waals surface area contributed by atoms with Crippen molar-refractivity contribution < 1.29 is 14.3 Å². The summed E-state index contributed by atoms with van der Waals surface area (Å²) in [6.07, 6.45) is 1.73. The van der Waals surface area contributed by atoms with E-state index >= 15 is 0 Å². The second kappa shape index (κ2) is 7.45. The molecular weight excluding hydrogens is 256 g/mol. The lowest BCUT2D eigenvalue weighted by atomic mass is 10.1. The van der Waals surface area contributed by atoms with Crippen LogP contribution in [0, 0.1) is 0 Å². The molecule has 0 aromatic heterocycles. The topological polar surface area (TPSA) is 58.6 Å². The fourth-order valence-electron chi connectivity index (χ4n) is 1.57. The van der Waals surface area contributed by atoms with Crippen LogP contribution in [-0.4, -0.2) is 37.6 Å². The van der Waals surface area contributed by atoms with Gasteiger partial charge in [-0.05, 0) is 37.6 Å². The zero-order chi connectivity index (χ0) is 15.1. The van der Waals surface area contributed by atoms with E-state index in [2.05, 4.69) is 5.43 Å². The predicted molar refractivity (Wildman–Crippen MR) is 77.9 cm³/mol. The first-order valence-electron chi connectivity index (χ1n) is 6.40. The number of esters is 1. The van der Waals surface area contributed by atoms with Gasteiger partial charge in [-0.1, -0.05) is 12.1 Å². The number of hydrazine groups is 1. The van der Waals surface area contributed by atoms with Crippen molar-refractivity contribution in [1.29, 1.82) is 0 Å². The van der Waals surface area contributed by atoms with E-state index in [1.165, 1.54) is 5.01 Å². The fraction of sp³-hybridized carbons (Fsp3) is 0.333. The maximum absolute atomic E-state index is 11.9. The highest BCUT2D eigenvalue weighted by atomic mass is 16.5. The highest BCUT2D eigenvalue weighted by Crippen LogP contribution is 2.11. The lowest BCUT2D eigenvalue weighted by molar-refractivity contribution is -0.138. The van der Waals surface area contributed by atoms with Crippen molar-refractivity contribution in [1.82, 2.24) is 10.4 Å². The minimum atomic E-state index is -0.331. The first kappa shape index (κ1) is 15.9. The van der Waals surface area contributed by atoms with E-state index < -0.39 is 0 Å². The van der Waals surface area contributed by atoms with Gasteiger partial charge in [0.1, 0.15) is 0 Å². The predicted octanol–water partition coefficient (Wildman–Crippen LogP) is 1.86. The molecule has 1 aromatic rings. The molecule has 0 aliphatic rings. The monoisotopic (exact) mass is 276 g/mol. The van der Waals surface area contributed by atoms with Crippen LogP contribution in [0.5, 0.6) is 0 Å². The smallest absolute Gasteiger partial charge is 0.333 e. The van der Waals surface area contributed by atoms with E-state index in [4.69, 9.17) is 4.74 Å². The van der Waals surface area contributed by atoms with E-state index in [0.29, 0.717) is 17.7 Å². The molecule has 0 fully saturated rings. The van der Waals surface area contributed by atoms with Crippen molar-refractivity contribution in [2.45, 2.75) is 13.8 Å². The second-order valence-electron chi connectivity index (χ2n) is 4.26. The molecule has 20 heavy (non-hydrogen) atoms. The molecule has 5 nitrogen and oxygen atoms in total. The third kappa shape index (κ3) is 4.20. The molecular formula is C15H20N2O3. The standard InChI is InChI=1S/C15H20N2O3/c1-5-20-15(19)11(2)10-12-6-8-13(9-7-12)14(18)17(4)16-3/h6-10,16H,5H2,1-4H3. The molecule has 0 spiro atoms. The average Bonchev–Trinajstić information content (AvgIpc) is 2.46.